The molecule has 0 aliphatic heterocycles. The Morgan fingerprint density at radius 3 is 2.59 bits per heavy atom. The number of unbranched alkanes of at least 4 members (excludes halogenated alkanes) is 4. The predicted molar refractivity (Wildman–Crippen MR) is 69.1 cm³/mol. The maximum atomic E-state index is 11.8. The van der Waals surface area contributed by atoms with Crippen LogP contribution in [0.3, 0.4) is 0 Å². The molecule has 1 aromatic carbocycles. The number of halogens is 1. The molecule has 0 atom stereocenters. The van der Waals surface area contributed by atoms with Crippen LogP contribution in [0.25, 0.3) is 0 Å². The Kier molecular flexibility index (Phi) is 6.35. The first-order valence-electron chi connectivity index (χ1n) is 5.90. The fourth-order valence-electron chi connectivity index (χ4n) is 1.67. The minimum Gasteiger partial charge on any atom is -0.294 e. The summed E-state index contributed by atoms with van der Waals surface area (Å²) < 4.78 is 0. The van der Waals surface area contributed by atoms with Crippen molar-refractivity contribution >= 4 is 17.4 Å². The molecule has 0 unspecified atom stereocenters. The van der Waals surface area contributed by atoms with Crippen LogP contribution in [0.15, 0.2) is 24.3 Å². The molecule has 17 heavy (non-hydrogen) atoms. The second-order valence-corrected chi connectivity index (χ2v) is 4.38. The van der Waals surface area contributed by atoms with Crippen LogP contribution in [0.1, 0.15) is 48.9 Å². The van der Waals surface area contributed by atoms with Crippen LogP contribution in [0.2, 0.25) is 5.02 Å². The van der Waals surface area contributed by atoms with Crippen LogP contribution in [-0.4, -0.2) is 5.78 Å². The zero-order valence-corrected chi connectivity index (χ0v) is 10.5. The quantitative estimate of drug-likeness (QED) is 0.531. The molecule has 0 spiro atoms. The van der Waals surface area contributed by atoms with E-state index in [-0.39, 0.29) is 5.78 Å². The number of ketones is 1. The third-order valence-corrected chi connectivity index (χ3v) is 2.95. The third kappa shape index (κ3) is 5.01. The molecule has 90 valence electrons. The van der Waals surface area contributed by atoms with Gasteiger partial charge in [-0.15, -0.1) is 0 Å². The van der Waals surface area contributed by atoms with Crippen molar-refractivity contribution in [3.63, 3.8) is 0 Å². The summed E-state index contributed by atoms with van der Waals surface area (Å²) in [7, 11) is 0. The molecule has 0 radical (unpaired) electrons. The fourth-order valence-corrected chi connectivity index (χ4v) is 1.91. The Morgan fingerprint density at radius 2 is 1.88 bits per heavy atom. The van der Waals surface area contributed by atoms with Crippen LogP contribution in [0.5, 0.6) is 0 Å². The molecule has 0 N–H and O–H groups in total. The molecule has 0 heterocycles. The second-order valence-electron chi connectivity index (χ2n) is 3.98. The van der Waals surface area contributed by atoms with Crippen molar-refractivity contribution in [2.75, 3.05) is 0 Å². The Balaban J connectivity index is 2.27. The maximum absolute atomic E-state index is 11.8. The monoisotopic (exact) mass is 249 g/mol. The minimum atomic E-state index is 0.107. The zero-order valence-electron chi connectivity index (χ0n) is 9.79. The Hall–Kier alpha value is -1.33. The number of hydrogen-bond donors (Lipinski definition) is 0. The third-order valence-electron chi connectivity index (χ3n) is 2.62. The van der Waals surface area contributed by atoms with E-state index in [0.717, 1.165) is 25.7 Å². The van der Waals surface area contributed by atoms with Crippen molar-refractivity contribution in [2.45, 2.75) is 38.5 Å². The first-order chi connectivity index (χ1) is 8.25. The van der Waals surface area contributed by atoms with Crippen LogP contribution in [-0.2, 0) is 0 Å². The molecule has 1 aromatic rings. The van der Waals surface area contributed by atoms with E-state index in [2.05, 4.69) is 6.07 Å². The first kappa shape index (κ1) is 13.7. The number of carbonyl (C=O) groups excluding carboxylic acids is 1. The summed E-state index contributed by atoms with van der Waals surface area (Å²) in [5.41, 5.74) is 0.617. The SMILES string of the molecule is N#CCCCCCCC(=O)c1ccccc1Cl. The summed E-state index contributed by atoms with van der Waals surface area (Å²) in [6.45, 7) is 0. The van der Waals surface area contributed by atoms with E-state index in [1.807, 2.05) is 12.1 Å². The largest absolute Gasteiger partial charge is 0.294 e. The number of benzene rings is 1. The van der Waals surface area contributed by atoms with E-state index >= 15 is 0 Å². The van der Waals surface area contributed by atoms with E-state index in [0.29, 0.717) is 23.4 Å². The smallest absolute Gasteiger partial charge is 0.164 e. The highest BCUT2D eigenvalue weighted by Gasteiger charge is 2.08. The molecule has 0 aliphatic rings. The average molecular weight is 250 g/mol. The molecule has 0 amide bonds. The molecule has 0 fully saturated rings. The van der Waals surface area contributed by atoms with Crippen molar-refractivity contribution in [3.8, 4) is 6.07 Å². The molecule has 3 heteroatoms. The van der Waals surface area contributed by atoms with Crippen molar-refractivity contribution in [3.05, 3.63) is 34.9 Å². The van der Waals surface area contributed by atoms with Gasteiger partial charge >= 0.3 is 0 Å². The van der Waals surface area contributed by atoms with E-state index in [1.165, 1.54) is 0 Å². The van der Waals surface area contributed by atoms with Crippen LogP contribution >= 0.6 is 11.6 Å². The van der Waals surface area contributed by atoms with Gasteiger partial charge in [0.2, 0.25) is 0 Å². The normalized spacial score (nSPS) is 9.88. The first-order valence-corrected chi connectivity index (χ1v) is 6.28. The van der Waals surface area contributed by atoms with E-state index < -0.39 is 0 Å². The summed E-state index contributed by atoms with van der Waals surface area (Å²) >= 11 is 5.94. The zero-order chi connectivity index (χ0) is 12.5. The Bertz CT molecular complexity index is 409. The number of nitrogens with zero attached hydrogens (tertiary/aromatic N) is 1. The summed E-state index contributed by atoms with van der Waals surface area (Å²) in [5.74, 6) is 0.107. The number of nitriles is 1. The number of hydrogen-bond acceptors (Lipinski definition) is 2. The Morgan fingerprint density at radius 1 is 1.18 bits per heavy atom. The maximum Gasteiger partial charge on any atom is 0.164 e. The number of carbonyl (C=O) groups is 1. The molecule has 2 nitrogen and oxygen atoms in total. The predicted octanol–water partition coefficient (Wildman–Crippen LogP) is 4.39. The summed E-state index contributed by atoms with van der Waals surface area (Å²) in [4.78, 5) is 11.8. The van der Waals surface area contributed by atoms with Gasteiger partial charge in [0, 0.05) is 18.4 Å². The van der Waals surface area contributed by atoms with Gasteiger partial charge in [-0.3, -0.25) is 4.79 Å². The number of Topliss-reactive ketones (excluding diaryl/α,β-unsaturated/α-hetero) is 1. The fraction of sp³-hybridized carbons (Fsp3) is 0.429. The molecular formula is C14H16ClNO. The van der Waals surface area contributed by atoms with Gasteiger partial charge in [-0.25, -0.2) is 0 Å². The van der Waals surface area contributed by atoms with Crippen molar-refractivity contribution in [1.82, 2.24) is 0 Å². The van der Waals surface area contributed by atoms with Crippen molar-refractivity contribution in [2.24, 2.45) is 0 Å². The van der Waals surface area contributed by atoms with Gasteiger partial charge in [0.25, 0.3) is 0 Å². The molecule has 0 saturated heterocycles. The Labute approximate surface area is 107 Å². The summed E-state index contributed by atoms with van der Waals surface area (Å²) in [6, 6.07) is 9.26. The van der Waals surface area contributed by atoms with Crippen molar-refractivity contribution in [1.29, 1.82) is 5.26 Å². The van der Waals surface area contributed by atoms with Gasteiger partial charge in [-0.05, 0) is 25.0 Å². The van der Waals surface area contributed by atoms with Gasteiger partial charge in [-0.2, -0.15) is 5.26 Å². The molecule has 0 aromatic heterocycles. The second kappa shape index (κ2) is 7.86. The number of rotatable bonds is 7. The standard InChI is InChI=1S/C14H16ClNO/c15-13-9-6-5-8-12(13)14(17)10-4-2-1-3-7-11-16/h5-6,8-9H,1-4,7,10H2. The lowest BCUT2D eigenvalue weighted by atomic mass is 10.0. The van der Waals surface area contributed by atoms with Crippen LogP contribution in [0.4, 0.5) is 0 Å². The van der Waals surface area contributed by atoms with Gasteiger partial charge in [-0.1, -0.05) is 36.6 Å². The topological polar surface area (TPSA) is 40.9 Å². The molecule has 0 aliphatic carbocycles. The van der Waals surface area contributed by atoms with Gasteiger partial charge < -0.3 is 0 Å². The van der Waals surface area contributed by atoms with Crippen molar-refractivity contribution < 1.29 is 4.79 Å². The molecule has 0 saturated carbocycles. The van der Waals surface area contributed by atoms with Gasteiger partial charge in [0.15, 0.2) is 5.78 Å². The van der Waals surface area contributed by atoms with Gasteiger partial charge in [0.05, 0.1) is 11.1 Å². The summed E-state index contributed by atoms with van der Waals surface area (Å²) in [5, 5.41) is 8.90. The van der Waals surface area contributed by atoms with Gasteiger partial charge in [0.1, 0.15) is 0 Å². The molecular weight excluding hydrogens is 234 g/mol. The molecule has 1 rings (SSSR count). The van der Waals surface area contributed by atoms with E-state index in [9.17, 15) is 4.79 Å². The lowest BCUT2D eigenvalue weighted by molar-refractivity contribution is 0.0979. The van der Waals surface area contributed by atoms with E-state index in [1.54, 1.807) is 12.1 Å². The summed E-state index contributed by atoms with van der Waals surface area (Å²) in [6.07, 6.45) is 4.96. The highest BCUT2D eigenvalue weighted by atomic mass is 35.5. The lowest BCUT2D eigenvalue weighted by Crippen LogP contribution is -1.99. The molecule has 0 bridgehead atoms. The van der Waals surface area contributed by atoms with Crippen LogP contribution in [0, 0.1) is 11.3 Å². The highest BCUT2D eigenvalue weighted by molar-refractivity contribution is 6.33. The highest BCUT2D eigenvalue weighted by Crippen LogP contribution is 2.18. The van der Waals surface area contributed by atoms with Crippen LogP contribution < -0.4 is 0 Å². The lowest BCUT2D eigenvalue weighted by Gasteiger charge is -2.03. The van der Waals surface area contributed by atoms with E-state index in [4.69, 9.17) is 16.9 Å². The average Bonchev–Trinajstić information content (AvgIpc) is 2.34. The minimum absolute atomic E-state index is 0.107.